The Morgan fingerprint density at radius 1 is 1.57 bits per heavy atom. The topological polar surface area (TPSA) is 45.8 Å². The Morgan fingerprint density at radius 2 is 2.36 bits per heavy atom. The fourth-order valence-corrected chi connectivity index (χ4v) is 2.35. The molecule has 0 aliphatic rings. The predicted molar refractivity (Wildman–Crippen MR) is 59.0 cm³/mol. The van der Waals surface area contributed by atoms with E-state index in [1.54, 1.807) is 11.3 Å². The highest BCUT2D eigenvalue weighted by atomic mass is 32.1. The van der Waals surface area contributed by atoms with Gasteiger partial charge in [-0.05, 0) is 19.4 Å². The summed E-state index contributed by atoms with van der Waals surface area (Å²) in [4.78, 5) is 20.8. The zero-order chi connectivity index (χ0) is 10.1. The summed E-state index contributed by atoms with van der Waals surface area (Å²) >= 11 is 1.58. The number of aryl methyl sites for hydroxylation is 2. The highest BCUT2D eigenvalue weighted by Gasteiger charge is 2.05. The average molecular weight is 208 g/mol. The maximum absolute atomic E-state index is 11.6. The molecule has 0 spiro atoms. The van der Waals surface area contributed by atoms with Crippen molar-refractivity contribution in [2.24, 2.45) is 0 Å². The molecule has 74 valence electrons. The van der Waals surface area contributed by atoms with Crippen molar-refractivity contribution >= 4 is 21.6 Å². The summed E-state index contributed by atoms with van der Waals surface area (Å²) in [5.74, 6) is 0.798. The van der Waals surface area contributed by atoms with E-state index in [0.29, 0.717) is 5.39 Å². The quantitative estimate of drug-likeness (QED) is 0.822. The molecule has 0 aromatic carbocycles. The van der Waals surface area contributed by atoms with Crippen molar-refractivity contribution in [1.82, 2.24) is 9.97 Å². The number of H-pyrrole nitrogens is 1. The van der Waals surface area contributed by atoms with Crippen molar-refractivity contribution in [2.45, 2.75) is 26.7 Å². The van der Waals surface area contributed by atoms with Gasteiger partial charge in [0.1, 0.15) is 10.7 Å². The molecule has 0 unspecified atom stereocenters. The van der Waals surface area contributed by atoms with Crippen LogP contribution in [0.5, 0.6) is 0 Å². The van der Waals surface area contributed by atoms with Crippen molar-refractivity contribution in [1.29, 1.82) is 0 Å². The first kappa shape index (κ1) is 9.40. The van der Waals surface area contributed by atoms with Gasteiger partial charge in [-0.2, -0.15) is 0 Å². The summed E-state index contributed by atoms with van der Waals surface area (Å²) in [6.45, 7) is 4.06. The first-order chi connectivity index (χ1) is 6.70. The molecule has 0 amide bonds. The standard InChI is InChI=1S/C10H12N2OS/c1-3-4-8-11-9(13)7-5-6(2)14-10(7)12-8/h5H,3-4H2,1-2H3,(H,11,12,13). The molecule has 1 N–H and O–H groups in total. The second kappa shape index (κ2) is 3.53. The van der Waals surface area contributed by atoms with E-state index in [2.05, 4.69) is 16.9 Å². The van der Waals surface area contributed by atoms with Gasteiger partial charge in [0.25, 0.3) is 5.56 Å². The number of aromatic amines is 1. The average Bonchev–Trinajstić information content (AvgIpc) is 2.47. The lowest BCUT2D eigenvalue weighted by molar-refractivity contribution is 0.838. The fourth-order valence-electron chi connectivity index (χ4n) is 1.45. The number of thiophene rings is 1. The third kappa shape index (κ3) is 1.57. The summed E-state index contributed by atoms with van der Waals surface area (Å²) in [7, 11) is 0. The second-order valence-corrected chi connectivity index (χ2v) is 4.57. The molecule has 0 saturated heterocycles. The largest absolute Gasteiger partial charge is 0.310 e. The van der Waals surface area contributed by atoms with Gasteiger partial charge in [0.05, 0.1) is 5.39 Å². The molecule has 0 fully saturated rings. The van der Waals surface area contributed by atoms with Crippen LogP contribution in [0, 0.1) is 6.92 Å². The van der Waals surface area contributed by atoms with Gasteiger partial charge in [-0.15, -0.1) is 11.3 Å². The van der Waals surface area contributed by atoms with Gasteiger partial charge in [-0.25, -0.2) is 4.98 Å². The Kier molecular flexibility index (Phi) is 2.37. The van der Waals surface area contributed by atoms with E-state index < -0.39 is 0 Å². The van der Waals surface area contributed by atoms with Gasteiger partial charge in [-0.3, -0.25) is 4.79 Å². The minimum Gasteiger partial charge on any atom is -0.310 e. The van der Waals surface area contributed by atoms with Crippen LogP contribution in [0.3, 0.4) is 0 Å². The van der Waals surface area contributed by atoms with Crippen molar-refractivity contribution < 1.29 is 0 Å². The molecule has 0 saturated carbocycles. The molecule has 0 bridgehead atoms. The lowest BCUT2D eigenvalue weighted by Crippen LogP contribution is -2.10. The maximum atomic E-state index is 11.6. The van der Waals surface area contributed by atoms with Crippen LogP contribution in [0.2, 0.25) is 0 Å². The predicted octanol–water partition coefficient (Wildman–Crippen LogP) is 2.25. The third-order valence-corrected chi connectivity index (χ3v) is 3.01. The summed E-state index contributed by atoms with van der Waals surface area (Å²) in [6.07, 6.45) is 1.83. The SMILES string of the molecule is CCCc1nc2sc(C)cc2c(=O)[nH]1. The van der Waals surface area contributed by atoms with Crippen molar-refractivity contribution in [3.8, 4) is 0 Å². The molecular weight excluding hydrogens is 196 g/mol. The van der Waals surface area contributed by atoms with Crippen molar-refractivity contribution in [2.75, 3.05) is 0 Å². The lowest BCUT2D eigenvalue weighted by Gasteiger charge is -1.96. The van der Waals surface area contributed by atoms with Crippen molar-refractivity contribution in [3.05, 3.63) is 27.1 Å². The van der Waals surface area contributed by atoms with Crippen LogP contribution in [-0.2, 0) is 6.42 Å². The normalized spacial score (nSPS) is 11.0. The number of aromatic nitrogens is 2. The second-order valence-electron chi connectivity index (χ2n) is 3.34. The monoisotopic (exact) mass is 208 g/mol. The highest BCUT2D eigenvalue weighted by molar-refractivity contribution is 7.18. The number of fused-ring (bicyclic) bond motifs is 1. The Hall–Kier alpha value is -1.16. The first-order valence-corrected chi connectivity index (χ1v) is 5.51. The molecular formula is C10H12N2OS. The summed E-state index contributed by atoms with van der Waals surface area (Å²) in [5.41, 5.74) is -0.0113. The molecule has 4 heteroatoms. The van der Waals surface area contributed by atoms with Crippen LogP contribution in [0.15, 0.2) is 10.9 Å². The van der Waals surface area contributed by atoms with Crippen LogP contribution in [0.4, 0.5) is 0 Å². The highest BCUT2D eigenvalue weighted by Crippen LogP contribution is 2.19. The van der Waals surface area contributed by atoms with E-state index in [1.165, 1.54) is 0 Å². The van der Waals surface area contributed by atoms with Gasteiger partial charge < -0.3 is 4.98 Å². The van der Waals surface area contributed by atoms with E-state index in [9.17, 15) is 4.79 Å². The number of nitrogens with zero attached hydrogens (tertiary/aromatic N) is 1. The van der Waals surface area contributed by atoms with Crippen LogP contribution >= 0.6 is 11.3 Å². The van der Waals surface area contributed by atoms with E-state index in [4.69, 9.17) is 0 Å². The molecule has 0 aliphatic heterocycles. The molecule has 3 nitrogen and oxygen atoms in total. The molecule has 0 atom stereocenters. The van der Waals surface area contributed by atoms with Crippen LogP contribution < -0.4 is 5.56 Å². The number of hydrogen-bond acceptors (Lipinski definition) is 3. The van der Waals surface area contributed by atoms with Crippen LogP contribution in [0.25, 0.3) is 10.2 Å². The van der Waals surface area contributed by atoms with Crippen molar-refractivity contribution in [3.63, 3.8) is 0 Å². The van der Waals surface area contributed by atoms with Gasteiger partial charge >= 0.3 is 0 Å². The molecule has 14 heavy (non-hydrogen) atoms. The number of hydrogen-bond donors (Lipinski definition) is 1. The molecule has 0 radical (unpaired) electrons. The van der Waals surface area contributed by atoms with E-state index in [1.807, 2.05) is 13.0 Å². The summed E-state index contributed by atoms with van der Waals surface area (Å²) in [5, 5.41) is 0.715. The minimum absolute atomic E-state index is 0.0113. The maximum Gasteiger partial charge on any atom is 0.259 e. The van der Waals surface area contributed by atoms with E-state index in [0.717, 1.165) is 28.4 Å². The fraction of sp³-hybridized carbons (Fsp3) is 0.400. The molecule has 2 heterocycles. The first-order valence-electron chi connectivity index (χ1n) is 4.70. The Bertz CT molecular complexity index is 512. The Balaban J connectivity index is 2.65. The van der Waals surface area contributed by atoms with Gasteiger partial charge in [0.15, 0.2) is 0 Å². The minimum atomic E-state index is -0.0113. The Morgan fingerprint density at radius 3 is 3.07 bits per heavy atom. The smallest absolute Gasteiger partial charge is 0.259 e. The summed E-state index contributed by atoms with van der Waals surface area (Å²) in [6, 6.07) is 1.89. The zero-order valence-corrected chi connectivity index (χ0v) is 9.07. The van der Waals surface area contributed by atoms with E-state index in [-0.39, 0.29) is 5.56 Å². The van der Waals surface area contributed by atoms with Gasteiger partial charge in [0, 0.05) is 11.3 Å². The lowest BCUT2D eigenvalue weighted by atomic mass is 10.3. The summed E-state index contributed by atoms with van der Waals surface area (Å²) < 4.78 is 0. The molecule has 2 rings (SSSR count). The zero-order valence-electron chi connectivity index (χ0n) is 8.26. The number of nitrogens with one attached hydrogen (secondary N) is 1. The third-order valence-electron chi connectivity index (χ3n) is 2.06. The van der Waals surface area contributed by atoms with Gasteiger partial charge in [-0.1, -0.05) is 6.92 Å². The Labute approximate surface area is 85.8 Å². The van der Waals surface area contributed by atoms with Crippen LogP contribution in [0.1, 0.15) is 24.0 Å². The molecule has 2 aromatic rings. The van der Waals surface area contributed by atoms with Crippen LogP contribution in [-0.4, -0.2) is 9.97 Å². The van der Waals surface area contributed by atoms with E-state index >= 15 is 0 Å². The number of rotatable bonds is 2. The van der Waals surface area contributed by atoms with Gasteiger partial charge in [0.2, 0.25) is 0 Å². The molecule has 0 aliphatic carbocycles. The molecule has 2 aromatic heterocycles.